The van der Waals surface area contributed by atoms with Gasteiger partial charge in [-0.25, -0.2) is 4.57 Å². The van der Waals surface area contributed by atoms with Crippen LogP contribution in [-0.2, 0) is 7.05 Å². The van der Waals surface area contributed by atoms with E-state index in [0.717, 1.165) is 11.3 Å². The van der Waals surface area contributed by atoms with Crippen LogP contribution >= 0.6 is 0 Å². The van der Waals surface area contributed by atoms with Gasteiger partial charge in [-0.3, -0.25) is 0 Å². The number of aromatic nitrogens is 1. The molecule has 0 unspecified atom stereocenters. The lowest BCUT2D eigenvalue weighted by Gasteiger charge is -1.99. The van der Waals surface area contributed by atoms with Crippen LogP contribution in [0.4, 0.5) is 0 Å². The average molecular weight is 138 g/mol. The Morgan fingerprint density at radius 1 is 1.50 bits per heavy atom. The summed E-state index contributed by atoms with van der Waals surface area (Å²) in [5.74, 6) is 0.943. The maximum atomic E-state index is 5.09. The molecule has 0 saturated heterocycles. The first-order valence-corrected chi connectivity index (χ1v) is 3.24. The molecule has 0 atom stereocenters. The molecule has 10 heavy (non-hydrogen) atoms. The maximum absolute atomic E-state index is 5.09. The number of hydrogen-bond acceptors (Lipinski definition) is 1. The fourth-order valence-corrected chi connectivity index (χ4v) is 0.958. The molecule has 1 aromatic heterocycles. The fraction of sp³-hybridized carbons (Fsp3) is 0.375. The van der Waals surface area contributed by atoms with Crippen LogP contribution < -0.4 is 9.30 Å². The minimum Gasteiger partial charge on any atom is -0.496 e. The molecule has 0 fully saturated rings. The van der Waals surface area contributed by atoms with E-state index in [9.17, 15) is 0 Å². The maximum Gasteiger partial charge on any atom is 0.175 e. The van der Waals surface area contributed by atoms with E-state index in [-0.39, 0.29) is 0 Å². The molecule has 0 N–H and O–H groups in total. The third-order valence-corrected chi connectivity index (χ3v) is 1.47. The molecule has 1 aromatic rings. The lowest BCUT2D eigenvalue weighted by atomic mass is 10.3. The summed E-state index contributed by atoms with van der Waals surface area (Å²) in [4.78, 5) is 0. The van der Waals surface area contributed by atoms with Crippen LogP contribution in [0.25, 0.3) is 0 Å². The predicted molar refractivity (Wildman–Crippen MR) is 38.9 cm³/mol. The summed E-state index contributed by atoms with van der Waals surface area (Å²) >= 11 is 0. The highest BCUT2D eigenvalue weighted by Gasteiger charge is 2.00. The van der Waals surface area contributed by atoms with Crippen molar-refractivity contribution in [2.75, 3.05) is 7.11 Å². The number of aryl methyl sites for hydroxylation is 2. The largest absolute Gasteiger partial charge is 0.496 e. The van der Waals surface area contributed by atoms with Gasteiger partial charge < -0.3 is 4.74 Å². The van der Waals surface area contributed by atoms with E-state index in [1.165, 1.54) is 0 Å². The molecule has 54 valence electrons. The Kier molecular flexibility index (Phi) is 1.90. The molecule has 0 aliphatic rings. The Balaban J connectivity index is 3.07. The minimum absolute atomic E-state index is 0.943. The average Bonchev–Trinajstić information content (AvgIpc) is 1.88. The van der Waals surface area contributed by atoms with Crippen LogP contribution in [-0.4, -0.2) is 7.11 Å². The first-order chi connectivity index (χ1) is 4.74. The van der Waals surface area contributed by atoms with E-state index in [4.69, 9.17) is 4.74 Å². The second kappa shape index (κ2) is 2.69. The number of pyridine rings is 1. The van der Waals surface area contributed by atoms with Gasteiger partial charge in [-0.15, -0.1) is 0 Å². The third kappa shape index (κ3) is 1.26. The fourth-order valence-electron chi connectivity index (χ4n) is 0.958. The van der Waals surface area contributed by atoms with Crippen LogP contribution in [0.3, 0.4) is 0 Å². The Labute approximate surface area is 61.1 Å². The van der Waals surface area contributed by atoms with Gasteiger partial charge in [-0.1, -0.05) is 0 Å². The molecule has 0 amide bonds. The second-order valence-electron chi connectivity index (χ2n) is 2.36. The summed E-state index contributed by atoms with van der Waals surface area (Å²) in [6.07, 6.45) is 3.99. The smallest absolute Gasteiger partial charge is 0.175 e. The van der Waals surface area contributed by atoms with Crippen molar-refractivity contribution in [3.05, 3.63) is 24.0 Å². The third-order valence-electron chi connectivity index (χ3n) is 1.47. The van der Waals surface area contributed by atoms with Crippen molar-refractivity contribution in [2.24, 2.45) is 7.05 Å². The highest BCUT2D eigenvalue weighted by atomic mass is 16.5. The number of rotatable bonds is 1. The van der Waals surface area contributed by atoms with Gasteiger partial charge >= 0.3 is 0 Å². The summed E-state index contributed by atoms with van der Waals surface area (Å²) < 4.78 is 7.08. The van der Waals surface area contributed by atoms with Gasteiger partial charge in [0.05, 0.1) is 12.7 Å². The standard InChI is InChI=1S/C8H12NO/c1-7-6-9(2)5-4-8(7)10-3/h4-6H,1-3H3/q+1. The van der Waals surface area contributed by atoms with Crippen LogP contribution in [0, 0.1) is 6.92 Å². The predicted octanol–water partition coefficient (Wildman–Crippen LogP) is 0.828. The zero-order chi connectivity index (χ0) is 7.56. The molecular formula is C8H12NO+. The second-order valence-corrected chi connectivity index (χ2v) is 2.36. The lowest BCUT2D eigenvalue weighted by Crippen LogP contribution is -2.26. The van der Waals surface area contributed by atoms with Crippen molar-refractivity contribution >= 4 is 0 Å². The van der Waals surface area contributed by atoms with Gasteiger partial charge in [-0.05, 0) is 6.92 Å². The molecular weight excluding hydrogens is 126 g/mol. The zero-order valence-corrected chi connectivity index (χ0v) is 6.59. The molecule has 2 nitrogen and oxygen atoms in total. The van der Waals surface area contributed by atoms with Crippen LogP contribution in [0.2, 0.25) is 0 Å². The zero-order valence-electron chi connectivity index (χ0n) is 6.59. The first-order valence-electron chi connectivity index (χ1n) is 3.24. The lowest BCUT2D eigenvalue weighted by molar-refractivity contribution is -0.671. The van der Waals surface area contributed by atoms with Crippen molar-refractivity contribution in [3.63, 3.8) is 0 Å². The molecule has 0 aliphatic carbocycles. The van der Waals surface area contributed by atoms with E-state index >= 15 is 0 Å². The van der Waals surface area contributed by atoms with E-state index in [2.05, 4.69) is 0 Å². The molecule has 1 rings (SSSR count). The van der Waals surface area contributed by atoms with Gasteiger partial charge in [0.2, 0.25) is 0 Å². The van der Waals surface area contributed by atoms with Crippen molar-refractivity contribution < 1.29 is 9.30 Å². The highest BCUT2D eigenvalue weighted by molar-refractivity contribution is 5.26. The molecule has 1 heterocycles. The monoisotopic (exact) mass is 138 g/mol. The van der Waals surface area contributed by atoms with Crippen LogP contribution in [0.15, 0.2) is 18.5 Å². The van der Waals surface area contributed by atoms with Gasteiger partial charge in [0.25, 0.3) is 0 Å². The summed E-state index contributed by atoms with van der Waals surface area (Å²) in [6.45, 7) is 2.03. The van der Waals surface area contributed by atoms with E-state index < -0.39 is 0 Å². The van der Waals surface area contributed by atoms with E-state index in [0.29, 0.717) is 0 Å². The Hall–Kier alpha value is -1.05. The molecule has 0 bridgehead atoms. The molecule has 2 heteroatoms. The Morgan fingerprint density at radius 2 is 2.20 bits per heavy atom. The minimum atomic E-state index is 0.943. The quantitative estimate of drug-likeness (QED) is 0.524. The van der Waals surface area contributed by atoms with E-state index in [1.54, 1.807) is 7.11 Å². The number of methoxy groups -OCH3 is 1. The molecule has 0 spiro atoms. The summed E-state index contributed by atoms with van der Waals surface area (Å²) in [7, 11) is 3.68. The van der Waals surface area contributed by atoms with Gasteiger partial charge in [0.1, 0.15) is 12.8 Å². The molecule has 0 aliphatic heterocycles. The van der Waals surface area contributed by atoms with Gasteiger partial charge in [0, 0.05) is 6.07 Å². The normalized spacial score (nSPS) is 9.50. The molecule has 0 saturated carbocycles. The highest BCUT2D eigenvalue weighted by Crippen LogP contribution is 2.11. The summed E-state index contributed by atoms with van der Waals surface area (Å²) in [6, 6.07) is 1.95. The Bertz CT molecular complexity index is 233. The summed E-state index contributed by atoms with van der Waals surface area (Å²) in [5.41, 5.74) is 1.16. The van der Waals surface area contributed by atoms with Crippen LogP contribution in [0.1, 0.15) is 5.56 Å². The molecule has 0 radical (unpaired) electrons. The van der Waals surface area contributed by atoms with Gasteiger partial charge in [0.15, 0.2) is 12.4 Å². The number of nitrogens with zero attached hydrogens (tertiary/aromatic N) is 1. The topological polar surface area (TPSA) is 13.1 Å². The van der Waals surface area contributed by atoms with E-state index in [1.807, 2.05) is 37.0 Å². The van der Waals surface area contributed by atoms with Crippen molar-refractivity contribution in [1.29, 1.82) is 0 Å². The van der Waals surface area contributed by atoms with Crippen molar-refractivity contribution in [3.8, 4) is 5.75 Å². The molecule has 0 aromatic carbocycles. The number of hydrogen-bond donors (Lipinski definition) is 0. The van der Waals surface area contributed by atoms with Gasteiger partial charge in [-0.2, -0.15) is 0 Å². The van der Waals surface area contributed by atoms with Crippen LogP contribution in [0.5, 0.6) is 5.75 Å². The van der Waals surface area contributed by atoms with Crippen molar-refractivity contribution in [2.45, 2.75) is 6.92 Å². The number of ether oxygens (including phenoxy) is 1. The van der Waals surface area contributed by atoms with Crippen molar-refractivity contribution in [1.82, 2.24) is 0 Å². The first kappa shape index (κ1) is 7.06. The summed E-state index contributed by atoms with van der Waals surface area (Å²) in [5, 5.41) is 0. The Morgan fingerprint density at radius 3 is 2.70 bits per heavy atom. The SMILES string of the molecule is COc1cc[n+](C)cc1C.